The summed E-state index contributed by atoms with van der Waals surface area (Å²) in [5.74, 6) is -1.09. The number of hydrogen-bond donors (Lipinski definition) is 3. The predicted molar refractivity (Wildman–Crippen MR) is 86.9 cm³/mol. The normalized spacial score (nSPS) is 21.2. The minimum absolute atomic E-state index is 0.0260. The molecule has 1 rings (SSSR count). The van der Waals surface area contributed by atoms with Crippen LogP contribution in [0.25, 0.3) is 0 Å². The maximum absolute atomic E-state index is 11.8. The second kappa shape index (κ2) is 8.24. The molecule has 1 unspecified atom stereocenters. The highest BCUT2D eigenvalue weighted by molar-refractivity contribution is 6.08. The van der Waals surface area contributed by atoms with Gasteiger partial charge < -0.3 is 16.2 Å². The van der Waals surface area contributed by atoms with E-state index < -0.39 is 23.2 Å². The fraction of sp³-hybridized carbons (Fsp3) is 0.353. The van der Waals surface area contributed by atoms with Crippen molar-refractivity contribution < 1.29 is 19.5 Å². The van der Waals surface area contributed by atoms with Gasteiger partial charge in [-0.3, -0.25) is 14.4 Å². The number of primary amides is 1. The van der Waals surface area contributed by atoms with Crippen LogP contribution in [0.2, 0.25) is 0 Å². The number of nitrogens with one attached hydrogen (secondary N) is 1. The van der Waals surface area contributed by atoms with Crippen molar-refractivity contribution in [1.29, 1.82) is 0 Å². The molecular weight excluding hydrogens is 296 g/mol. The molecule has 0 bridgehead atoms. The lowest BCUT2D eigenvalue weighted by Gasteiger charge is -2.24. The summed E-state index contributed by atoms with van der Waals surface area (Å²) in [7, 11) is 0. The van der Waals surface area contributed by atoms with Crippen molar-refractivity contribution in [3.8, 4) is 0 Å². The van der Waals surface area contributed by atoms with Crippen LogP contribution in [0.4, 0.5) is 0 Å². The smallest absolute Gasteiger partial charge is 0.248 e. The third kappa shape index (κ3) is 6.88. The lowest BCUT2D eigenvalue weighted by atomic mass is 9.90. The molecule has 4 N–H and O–H groups in total. The molecular formula is C17H22N2O4. The van der Waals surface area contributed by atoms with Gasteiger partial charge in [0.1, 0.15) is 5.60 Å². The van der Waals surface area contributed by atoms with E-state index in [-0.39, 0.29) is 18.5 Å². The van der Waals surface area contributed by atoms with Gasteiger partial charge in [-0.15, -0.1) is 0 Å². The zero-order valence-corrected chi connectivity index (χ0v) is 13.3. The predicted octanol–water partition coefficient (Wildman–Crippen LogP) is 0.890. The van der Waals surface area contributed by atoms with Crippen LogP contribution in [0.1, 0.15) is 26.7 Å². The molecule has 6 heteroatoms. The molecule has 1 aliphatic carbocycles. The van der Waals surface area contributed by atoms with E-state index >= 15 is 0 Å². The van der Waals surface area contributed by atoms with Gasteiger partial charge in [0.25, 0.3) is 0 Å². The third-order valence-electron chi connectivity index (χ3n) is 3.07. The number of rotatable bonds is 7. The van der Waals surface area contributed by atoms with Gasteiger partial charge in [0.05, 0.1) is 5.70 Å². The van der Waals surface area contributed by atoms with E-state index in [9.17, 15) is 19.5 Å². The van der Waals surface area contributed by atoms with Crippen LogP contribution in [0.5, 0.6) is 0 Å². The number of carbonyl (C=O) groups excluding carboxylic acids is 3. The molecule has 0 spiro atoms. The monoisotopic (exact) mass is 318 g/mol. The Morgan fingerprint density at radius 2 is 2.09 bits per heavy atom. The lowest BCUT2D eigenvalue weighted by Crippen LogP contribution is -2.35. The Bertz CT molecular complexity index is 600. The summed E-state index contributed by atoms with van der Waals surface area (Å²) >= 11 is 0. The Morgan fingerprint density at radius 3 is 2.70 bits per heavy atom. The van der Waals surface area contributed by atoms with Crippen LogP contribution in [-0.2, 0) is 14.4 Å². The average molecular weight is 318 g/mol. The lowest BCUT2D eigenvalue weighted by molar-refractivity contribution is -0.119. The summed E-state index contributed by atoms with van der Waals surface area (Å²) in [6, 6.07) is 0. The molecule has 0 radical (unpaired) electrons. The molecule has 0 aromatic heterocycles. The Labute approximate surface area is 135 Å². The van der Waals surface area contributed by atoms with Gasteiger partial charge in [-0.25, -0.2) is 0 Å². The van der Waals surface area contributed by atoms with Gasteiger partial charge in [-0.1, -0.05) is 32.1 Å². The summed E-state index contributed by atoms with van der Waals surface area (Å²) in [5.41, 5.74) is 3.55. The van der Waals surface area contributed by atoms with Gasteiger partial charge in [0.2, 0.25) is 17.6 Å². The number of ketones is 1. The van der Waals surface area contributed by atoms with Crippen LogP contribution in [-0.4, -0.2) is 28.3 Å². The second-order valence-electron chi connectivity index (χ2n) is 5.69. The average Bonchev–Trinajstić information content (AvgIpc) is 2.46. The van der Waals surface area contributed by atoms with E-state index in [0.717, 1.165) is 0 Å². The maximum atomic E-state index is 11.8. The van der Waals surface area contributed by atoms with Gasteiger partial charge >= 0.3 is 0 Å². The quantitative estimate of drug-likeness (QED) is 0.478. The van der Waals surface area contributed by atoms with Crippen LogP contribution in [0.3, 0.4) is 0 Å². The molecule has 0 heterocycles. The van der Waals surface area contributed by atoms with E-state index in [4.69, 9.17) is 5.73 Å². The van der Waals surface area contributed by atoms with Crippen molar-refractivity contribution in [3.05, 3.63) is 48.2 Å². The topological polar surface area (TPSA) is 109 Å². The van der Waals surface area contributed by atoms with Crippen LogP contribution in [0.15, 0.2) is 48.2 Å². The highest BCUT2D eigenvalue weighted by atomic mass is 16.3. The Balaban J connectivity index is 2.73. The second-order valence-corrected chi connectivity index (χ2v) is 5.69. The summed E-state index contributed by atoms with van der Waals surface area (Å²) in [6.45, 7) is 4.02. The minimum atomic E-state index is -1.48. The van der Waals surface area contributed by atoms with Crippen molar-refractivity contribution in [2.24, 2.45) is 11.7 Å². The molecule has 0 saturated heterocycles. The van der Waals surface area contributed by atoms with Crippen molar-refractivity contribution >= 4 is 17.6 Å². The number of nitrogens with two attached hydrogens (primary N) is 1. The Kier molecular flexibility index (Phi) is 6.65. The maximum Gasteiger partial charge on any atom is 0.248 e. The number of allylic oxidation sites excluding steroid dienone is 4. The fourth-order valence-corrected chi connectivity index (χ4v) is 1.86. The number of carbonyl (C=O) groups is 3. The molecule has 0 saturated carbocycles. The van der Waals surface area contributed by atoms with E-state index in [0.29, 0.717) is 5.92 Å². The van der Waals surface area contributed by atoms with Gasteiger partial charge in [-0.2, -0.15) is 0 Å². The fourth-order valence-electron chi connectivity index (χ4n) is 1.86. The molecule has 23 heavy (non-hydrogen) atoms. The van der Waals surface area contributed by atoms with Crippen molar-refractivity contribution in [3.63, 3.8) is 0 Å². The van der Waals surface area contributed by atoms with E-state index in [1.54, 1.807) is 12.2 Å². The molecule has 6 nitrogen and oxygen atoms in total. The summed E-state index contributed by atoms with van der Waals surface area (Å²) < 4.78 is 0. The first-order chi connectivity index (χ1) is 10.7. The standard InChI is InChI=1S/C17H22N2O4/c1-12(2)5-3-4-6-16(22)19-13-11-17(23,9-7-14(13)20)10-8-15(18)21/h3-7,9,11-12,23H,8,10H2,1-2H3,(H2,18,21)(H,19,22). The zero-order valence-electron chi connectivity index (χ0n) is 13.3. The third-order valence-corrected chi connectivity index (χ3v) is 3.07. The molecule has 1 atom stereocenters. The summed E-state index contributed by atoms with van der Waals surface area (Å²) in [4.78, 5) is 34.4. The van der Waals surface area contributed by atoms with Gasteiger partial charge in [0, 0.05) is 12.5 Å². The minimum Gasteiger partial charge on any atom is -0.382 e. The van der Waals surface area contributed by atoms with Crippen molar-refractivity contribution in [2.45, 2.75) is 32.3 Å². The Morgan fingerprint density at radius 1 is 1.39 bits per heavy atom. The van der Waals surface area contributed by atoms with Crippen LogP contribution in [0, 0.1) is 5.92 Å². The molecule has 0 aromatic carbocycles. The molecule has 2 amide bonds. The summed E-state index contributed by atoms with van der Waals surface area (Å²) in [6.07, 6.45) is 10.2. The van der Waals surface area contributed by atoms with Crippen LogP contribution < -0.4 is 11.1 Å². The highest BCUT2D eigenvalue weighted by Gasteiger charge is 2.28. The first-order valence-electron chi connectivity index (χ1n) is 7.35. The zero-order chi connectivity index (χ0) is 17.5. The molecule has 0 aliphatic heterocycles. The molecule has 0 aromatic rings. The van der Waals surface area contributed by atoms with Crippen LogP contribution >= 0.6 is 0 Å². The highest BCUT2D eigenvalue weighted by Crippen LogP contribution is 2.22. The van der Waals surface area contributed by atoms with E-state index in [1.165, 1.54) is 24.3 Å². The first-order valence-corrected chi connectivity index (χ1v) is 7.35. The summed E-state index contributed by atoms with van der Waals surface area (Å²) in [5, 5.41) is 12.7. The Hall–Kier alpha value is -2.47. The van der Waals surface area contributed by atoms with E-state index in [1.807, 2.05) is 19.9 Å². The van der Waals surface area contributed by atoms with Gasteiger partial charge in [-0.05, 0) is 30.6 Å². The van der Waals surface area contributed by atoms with Crippen molar-refractivity contribution in [2.75, 3.05) is 0 Å². The molecule has 0 fully saturated rings. The number of amides is 2. The largest absolute Gasteiger partial charge is 0.382 e. The SMILES string of the molecule is CC(C)C=CC=CC(=O)NC1=CC(O)(CCC(N)=O)C=CC1=O. The van der Waals surface area contributed by atoms with Crippen molar-refractivity contribution in [1.82, 2.24) is 5.32 Å². The first kappa shape index (κ1) is 18.6. The van der Waals surface area contributed by atoms with E-state index in [2.05, 4.69) is 5.32 Å². The van der Waals surface area contributed by atoms with Gasteiger partial charge in [0.15, 0.2) is 0 Å². The molecule has 1 aliphatic rings. The number of aliphatic hydroxyl groups is 1. The number of hydrogen-bond acceptors (Lipinski definition) is 4. The molecule has 124 valence electrons.